The molecule has 1 aromatic carbocycles. The Kier molecular flexibility index (Phi) is 3.87. The lowest BCUT2D eigenvalue weighted by molar-refractivity contribution is -0.128. The van der Waals surface area contributed by atoms with E-state index in [1.165, 1.54) is 11.1 Å². The van der Waals surface area contributed by atoms with Crippen LogP contribution < -0.4 is 4.90 Å². The van der Waals surface area contributed by atoms with Crippen molar-refractivity contribution in [1.29, 1.82) is 0 Å². The van der Waals surface area contributed by atoms with Crippen molar-refractivity contribution in [3.8, 4) is 0 Å². The molecular weight excluding hydrogens is 384 g/mol. The molecule has 7 nitrogen and oxygen atoms in total. The Bertz CT molecular complexity index is 889. The first-order valence-corrected chi connectivity index (χ1v) is 9.06. The van der Waals surface area contributed by atoms with E-state index >= 15 is 0 Å². The van der Waals surface area contributed by atoms with Gasteiger partial charge in [0.05, 0.1) is 11.6 Å². The second-order valence-corrected chi connectivity index (χ2v) is 7.37. The number of tetrazole rings is 1. The van der Waals surface area contributed by atoms with Gasteiger partial charge in [0.2, 0.25) is 5.95 Å². The van der Waals surface area contributed by atoms with Crippen molar-refractivity contribution in [3.63, 3.8) is 0 Å². The van der Waals surface area contributed by atoms with E-state index in [1.807, 2.05) is 36.8 Å². The first kappa shape index (κ1) is 16.3. The van der Waals surface area contributed by atoms with Crippen LogP contribution >= 0.6 is 15.9 Å². The molecule has 0 bridgehead atoms. The molecule has 0 saturated heterocycles. The molecule has 2 aliphatic rings. The van der Waals surface area contributed by atoms with Crippen LogP contribution in [0.3, 0.4) is 0 Å². The minimum Gasteiger partial charge on any atom is -0.334 e. The number of anilines is 1. The highest BCUT2D eigenvalue weighted by atomic mass is 79.9. The van der Waals surface area contributed by atoms with E-state index in [1.54, 1.807) is 4.68 Å². The lowest BCUT2D eigenvalue weighted by atomic mass is 9.97. The first-order valence-electron chi connectivity index (χ1n) is 8.27. The number of nitrogens with zero attached hydrogens (tertiary/aromatic N) is 6. The molecule has 0 fully saturated rings. The Labute approximate surface area is 154 Å². The SMILES string of the molecule is CC1=C(C(=O)N2CCc3c(Br)cccc3C2)C(C)n2nnnc2N1C. The Morgan fingerprint density at radius 1 is 1.36 bits per heavy atom. The molecule has 1 unspecified atom stereocenters. The molecule has 0 spiro atoms. The molecular formula is C17H19BrN6O. The van der Waals surface area contributed by atoms with Crippen molar-refractivity contribution in [2.75, 3.05) is 18.5 Å². The maximum atomic E-state index is 13.3. The van der Waals surface area contributed by atoms with Gasteiger partial charge in [0.25, 0.3) is 5.91 Å². The average Bonchev–Trinajstić information content (AvgIpc) is 3.10. The second kappa shape index (κ2) is 5.94. The van der Waals surface area contributed by atoms with Crippen LogP contribution in [0.2, 0.25) is 0 Å². The summed E-state index contributed by atoms with van der Waals surface area (Å²) in [5.74, 6) is 0.720. The van der Waals surface area contributed by atoms with Crippen LogP contribution in [-0.2, 0) is 17.8 Å². The molecule has 3 heterocycles. The van der Waals surface area contributed by atoms with Crippen LogP contribution in [0.5, 0.6) is 0 Å². The highest BCUT2D eigenvalue weighted by Gasteiger charge is 2.35. The zero-order chi connectivity index (χ0) is 17.7. The molecule has 130 valence electrons. The molecule has 0 aliphatic carbocycles. The summed E-state index contributed by atoms with van der Waals surface area (Å²) in [4.78, 5) is 17.1. The number of carbonyl (C=O) groups is 1. The van der Waals surface area contributed by atoms with Gasteiger partial charge in [-0.1, -0.05) is 33.2 Å². The molecule has 4 rings (SSSR count). The Balaban J connectivity index is 1.66. The molecule has 25 heavy (non-hydrogen) atoms. The monoisotopic (exact) mass is 402 g/mol. The molecule has 1 aromatic heterocycles. The van der Waals surface area contributed by atoms with Crippen molar-refractivity contribution in [2.45, 2.75) is 32.9 Å². The van der Waals surface area contributed by atoms with Gasteiger partial charge in [0.1, 0.15) is 0 Å². The molecule has 1 amide bonds. The van der Waals surface area contributed by atoms with Gasteiger partial charge in [-0.05, 0) is 47.9 Å². The van der Waals surface area contributed by atoms with Gasteiger partial charge in [-0.2, -0.15) is 0 Å². The molecule has 0 saturated carbocycles. The third kappa shape index (κ3) is 2.47. The van der Waals surface area contributed by atoms with Crippen LogP contribution in [-0.4, -0.2) is 44.6 Å². The molecule has 2 aromatic rings. The number of allylic oxidation sites excluding steroid dienone is 1. The van der Waals surface area contributed by atoms with Crippen LogP contribution in [0.4, 0.5) is 5.95 Å². The van der Waals surface area contributed by atoms with Crippen molar-refractivity contribution < 1.29 is 4.79 Å². The van der Waals surface area contributed by atoms with Gasteiger partial charge < -0.3 is 9.80 Å². The highest BCUT2D eigenvalue weighted by Crippen LogP contribution is 2.34. The van der Waals surface area contributed by atoms with Gasteiger partial charge >= 0.3 is 0 Å². The predicted molar refractivity (Wildman–Crippen MR) is 96.9 cm³/mol. The fourth-order valence-corrected chi connectivity index (χ4v) is 4.26. The van der Waals surface area contributed by atoms with Crippen LogP contribution in [0, 0.1) is 0 Å². The number of aromatic nitrogens is 4. The lowest BCUT2D eigenvalue weighted by Gasteiger charge is -2.35. The number of halogens is 1. The molecule has 0 N–H and O–H groups in total. The quantitative estimate of drug-likeness (QED) is 0.731. The van der Waals surface area contributed by atoms with Gasteiger partial charge in [-0.3, -0.25) is 4.79 Å². The van der Waals surface area contributed by atoms with E-state index < -0.39 is 0 Å². The topological polar surface area (TPSA) is 67.2 Å². The van der Waals surface area contributed by atoms with Crippen molar-refractivity contribution in [1.82, 2.24) is 25.1 Å². The van der Waals surface area contributed by atoms with Gasteiger partial charge in [-0.15, -0.1) is 0 Å². The standard InChI is InChI=1S/C17H19BrN6O/c1-10-15(11(2)24-17(22(10)3)19-20-21-24)16(25)23-8-7-13-12(9-23)5-4-6-14(13)18/h4-6,11H,7-9H2,1-3H3. The summed E-state index contributed by atoms with van der Waals surface area (Å²) in [6.45, 7) is 5.27. The normalized spacial score (nSPS) is 19.8. The number of hydrogen-bond donors (Lipinski definition) is 0. The largest absolute Gasteiger partial charge is 0.334 e. The van der Waals surface area contributed by atoms with E-state index in [2.05, 4.69) is 43.6 Å². The van der Waals surface area contributed by atoms with Gasteiger partial charge in [-0.25, -0.2) is 4.68 Å². The van der Waals surface area contributed by atoms with Crippen LogP contribution in [0.1, 0.15) is 31.0 Å². The molecule has 0 radical (unpaired) electrons. The molecule has 1 atom stereocenters. The number of rotatable bonds is 1. The van der Waals surface area contributed by atoms with E-state index in [-0.39, 0.29) is 11.9 Å². The second-order valence-electron chi connectivity index (χ2n) is 6.51. The zero-order valence-electron chi connectivity index (χ0n) is 14.4. The smallest absolute Gasteiger partial charge is 0.254 e. The average molecular weight is 403 g/mol. The molecule has 2 aliphatic heterocycles. The maximum Gasteiger partial charge on any atom is 0.254 e. The van der Waals surface area contributed by atoms with Crippen LogP contribution in [0.15, 0.2) is 33.9 Å². The number of benzene rings is 1. The predicted octanol–water partition coefficient (Wildman–Crippen LogP) is 2.31. The fraction of sp³-hybridized carbons (Fsp3) is 0.412. The number of hydrogen-bond acceptors (Lipinski definition) is 5. The van der Waals surface area contributed by atoms with E-state index in [0.717, 1.165) is 22.2 Å². The minimum absolute atomic E-state index is 0.0589. The minimum atomic E-state index is -0.183. The van der Waals surface area contributed by atoms with Crippen molar-refractivity contribution >= 4 is 27.8 Å². The third-order valence-corrected chi connectivity index (χ3v) is 5.92. The van der Waals surface area contributed by atoms with Gasteiger partial charge in [0, 0.05) is 30.3 Å². The Morgan fingerprint density at radius 3 is 2.96 bits per heavy atom. The fourth-order valence-electron chi connectivity index (χ4n) is 3.66. The summed E-state index contributed by atoms with van der Waals surface area (Å²) in [5.41, 5.74) is 4.15. The maximum absolute atomic E-state index is 13.3. The Hall–Kier alpha value is -2.22. The highest BCUT2D eigenvalue weighted by molar-refractivity contribution is 9.10. The number of amides is 1. The van der Waals surface area contributed by atoms with E-state index in [0.29, 0.717) is 19.0 Å². The van der Waals surface area contributed by atoms with E-state index in [4.69, 9.17) is 0 Å². The molecule has 8 heteroatoms. The number of fused-ring (bicyclic) bond motifs is 2. The summed E-state index contributed by atoms with van der Waals surface area (Å²) < 4.78 is 2.82. The summed E-state index contributed by atoms with van der Waals surface area (Å²) in [7, 11) is 1.89. The van der Waals surface area contributed by atoms with Gasteiger partial charge in [0.15, 0.2) is 0 Å². The third-order valence-electron chi connectivity index (χ3n) is 5.18. The van der Waals surface area contributed by atoms with Crippen molar-refractivity contribution in [2.24, 2.45) is 0 Å². The van der Waals surface area contributed by atoms with Crippen molar-refractivity contribution in [3.05, 3.63) is 45.1 Å². The van der Waals surface area contributed by atoms with E-state index in [9.17, 15) is 4.79 Å². The first-order chi connectivity index (χ1) is 12.0. The lowest BCUT2D eigenvalue weighted by Crippen LogP contribution is -2.41. The Morgan fingerprint density at radius 2 is 2.16 bits per heavy atom. The summed E-state index contributed by atoms with van der Waals surface area (Å²) in [5, 5.41) is 11.8. The summed E-state index contributed by atoms with van der Waals surface area (Å²) >= 11 is 3.61. The number of carbonyl (C=O) groups excluding carboxylic acids is 1. The van der Waals surface area contributed by atoms with Crippen LogP contribution in [0.25, 0.3) is 0 Å². The summed E-state index contributed by atoms with van der Waals surface area (Å²) in [6, 6.07) is 5.99. The summed E-state index contributed by atoms with van der Waals surface area (Å²) in [6.07, 6.45) is 0.856. The zero-order valence-corrected chi connectivity index (χ0v) is 16.0.